The first-order valence-corrected chi connectivity index (χ1v) is 5.80. The number of halogens is 2. The van der Waals surface area contributed by atoms with Crippen LogP contribution >= 0.6 is 11.8 Å². The summed E-state index contributed by atoms with van der Waals surface area (Å²) in [6.45, 7) is 3.61. The first-order valence-electron chi connectivity index (χ1n) is 4.98. The van der Waals surface area contributed by atoms with Gasteiger partial charge in [-0.25, -0.2) is 9.97 Å². The number of aromatic nitrogens is 2. The lowest BCUT2D eigenvalue weighted by Crippen LogP contribution is -1.92. The molecule has 0 amide bonds. The van der Waals surface area contributed by atoms with Crippen LogP contribution in [0.15, 0.2) is 34.3 Å². The molecule has 0 radical (unpaired) electrons. The van der Waals surface area contributed by atoms with Crippen molar-refractivity contribution in [3.05, 3.63) is 47.5 Å². The first kappa shape index (κ1) is 12.0. The molecule has 0 saturated carbocycles. The van der Waals surface area contributed by atoms with Crippen molar-refractivity contribution in [3.8, 4) is 0 Å². The van der Waals surface area contributed by atoms with Crippen molar-refractivity contribution in [1.29, 1.82) is 0 Å². The second kappa shape index (κ2) is 4.79. The van der Waals surface area contributed by atoms with Crippen LogP contribution in [0.5, 0.6) is 0 Å². The molecule has 2 heterocycles. The van der Waals surface area contributed by atoms with E-state index in [2.05, 4.69) is 9.97 Å². The third-order valence-electron chi connectivity index (χ3n) is 2.11. The molecule has 17 heavy (non-hydrogen) atoms. The van der Waals surface area contributed by atoms with Gasteiger partial charge in [0.1, 0.15) is 0 Å². The highest BCUT2D eigenvalue weighted by atomic mass is 32.2. The molecule has 0 aliphatic rings. The lowest BCUT2D eigenvalue weighted by molar-refractivity contribution is 0.549. The zero-order chi connectivity index (χ0) is 12.4. The van der Waals surface area contributed by atoms with Crippen molar-refractivity contribution in [2.75, 3.05) is 0 Å². The van der Waals surface area contributed by atoms with Gasteiger partial charge in [-0.15, -0.1) is 0 Å². The second-order valence-corrected chi connectivity index (χ2v) is 4.79. The number of hydrogen-bond acceptors (Lipinski definition) is 3. The summed E-state index contributed by atoms with van der Waals surface area (Å²) in [7, 11) is 0. The summed E-state index contributed by atoms with van der Waals surface area (Å²) in [6, 6.07) is 3.27. The van der Waals surface area contributed by atoms with E-state index in [1.54, 1.807) is 26.0 Å². The fraction of sp³-hybridized carbons (Fsp3) is 0.167. The van der Waals surface area contributed by atoms with Crippen molar-refractivity contribution >= 4 is 11.8 Å². The zero-order valence-electron chi connectivity index (χ0n) is 9.37. The minimum atomic E-state index is -0.596. The highest BCUT2D eigenvalue weighted by Gasteiger charge is 2.10. The van der Waals surface area contributed by atoms with E-state index >= 15 is 0 Å². The van der Waals surface area contributed by atoms with Gasteiger partial charge >= 0.3 is 0 Å². The fourth-order valence-electron chi connectivity index (χ4n) is 1.31. The predicted molar refractivity (Wildman–Crippen MR) is 62.0 cm³/mol. The van der Waals surface area contributed by atoms with Gasteiger partial charge in [-0.3, -0.25) is 0 Å². The van der Waals surface area contributed by atoms with Crippen LogP contribution in [-0.2, 0) is 0 Å². The highest BCUT2D eigenvalue weighted by molar-refractivity contribution is 7.99. The molecule has 0 aliphatic heterocycles. The summed E-state index contributed by atoms with van der Waals surface area (Å²) in [6.07, 6.45) is 2.87. The Kier molecular flexibility index (Phi) is 3.38. The van der Waals surface area contributed by atoms with Crippen LogP contribution in [-0.4, -0.2) is 9.97 Å². The quantitative estimate of drug-likeness (QED) is 0.765. The van der Waals surface area contributed by atoms with Crippen LogP contribution in [0.4, 0.5) is 8.78 Å². The monoisotopic (exact) mass is 252 g/mol. The van der Waals surface area contributed by atoms with Gasteiger partial charge in [-0.2, -0.15) is 8.78 Å². The molecule has 0 fully saturated rings. The molecule has 2 rings (SSSR count). The standard InChI is InChI=1S/C12H10F2N2S/c1-7-3-9(11(13)15-5-7)17-10-4-8(2)6-16-12(10)14/h3-6H,1-2H3. The van der Waals surface area contributed by atoms with Crippen molar-refractivity contribution < 1.29 is 8.78 Å². The molecule has 2 aromatic heterocycles. The molecular weight excluding hydrogens is 242 g/mol. The Morgan fingerprint density at radius 2 is 1.29 bits per heavy atom. The second-order valence-electron chi connectivity index (χ2n) is 3.71. The largest absolute Gasteiger partial charge is 0.227 e. The van der Waals surface area contributed by atoms with Crippen LogP contribution in [0, 0.1) is 25.7 Å². The maximum atomic E-state index is 13.4. The summed E-state index contributed by atoms with van der Waals surface area (Å²) in [5, 5.41) is 0. The number of nitrogens with zero attached hydrogens (tertiary/aromatic N) is 2. The topological polar surface area (TPSA) is 25.8 Å². The number of hydrogen-bond donors (Lipinski definition) is 0. The molecule has 0 saturated heterocycles. The molecule has 2 aromatic rings. The maximum Gasteiger partial charge on any atom is 0.226 e. The van der Waals surface area contributed by atoms with Gasteiger partial charge in [0.25, 0.3) is 0 Å². The SMILES string of the molecule is Cc1cnc(F)c(Sc2cc(C)cnc2F)c1. The van der Waals surface area contributed by atoms with E-state index in [0.717, 1.165) is 22.9 Å². The van der Waals surface area contributed by atoms with Crippen LogP contribution in [0.3, 0.4) is 0 Å². The van der Waals surface area contributed by atoms with Crippen LogP contribution in [0.2, 0.25) is 0 Å². The Morgan fingerprint density at radius 1 is 0.882 bits per heavy atom. The Morgan fingerprint density at radius 3 is 1.71 bits per heavy atom. The lowest BCUT2D eigenvalue weighted by Gasteiger charge is -2.05. The van der Waals surface area contributed by atoms with Crippen LogP contribution in [0.25, 0.3) is 0 Å². The van der Waals surface area contributed by atoms with Gasteiger partial charge < -0.3 is 0 Å². The number of aryl methyl sites for hydroxylation is 2. The van der Waals surface area contributed by atoms with E-state index < -0.39 is 11.9 Å². The number of rotatable bonds is 2. The average Bonchev–Trinajstić information content (AvgIpc) is 2.28. The molecule has 0 aliphatic carbocycles. The minimum Gasteiger partial charge on any atom is -0.227 e. The van der Waals surface area contributed by atoms with Crippen LogP contribution in [0.1, 0.15) is 11.1 Å². The van der Waals surface area contributed by atoms with Gasteiger partial charge in [0.15, 0.2) is 0 Å². The average molecular weight is 252 g/mol. The molecule has 0 atom stereocenters. The summed E-state index contributed by atoms with van der Waals surface area (Å²) in [5.41, 5.74) is 1.66. The molecule has 2 nitrogen and oxygen atoms in total. The first-order chi connectivity index (χ1) is 8.06. The van der Waals surface area contributed by atoms with Crippen molar-refractivity contribution in [2.45, 2.75) is 23.6 Å². The fourth-order valence-corrected chi connectivity index (χ4v) is 2.31. The predicted octanol–water partition coefficient (Wildman–Crippen LogP) is 3.52. The molecule has 0 N–H and O–H groups in total. The molecule has 0 spiro atoms. The Labute approximate surface area is 102 Å². The summed E-state index contributed by atoms with van der Waals surface area (Å²) in [4.78, 5) is 7.80. The zero-order valence-corrected chi connectivity index (χ0v) is 10.2. The van der Waals surface area contributed by atoms with E-state index in [1.807, 2.05) is 0 Å². The highest BCUT2D eigenvalue weighted by Crippen LogP contribution is 2.31. The lowest BCUT2D eigenvalue weighted by atomic mass is 10.3. The van der Waals surface area contributed by atoms with E-state index in [-0.39, 0.29) is 0 Å². The normalized spacial score (nSPS) is 10.6. The van der Waals surface area contributed by atoms with Gasteiger partial charge in [-0.05, 0) is 37.1 Å². The molecule has 0 bridgehead atoms. The van der Waals surface area contributed by atoms with Gasteiger partial charge in [0.05, 0.1) is 9.79 Å². The van der Waals surface area contributed by atoms with Gasteiger partial charge in [-0.1, -0.05) is 11.8 Å². The van der Waals surface area contributed by atoms with E-state index in [0.29, 0.717) is 9.79 Å². The Bertz CT molecular complexity index is 509. The van der Waals surface area contributed by atoms with E-state index in [1.165, 1.54) is 12.4 Å². The minimum absolute atomic E-state index is 0.302. The molecule has 0 unspecified atom stereocenters. The molecule has 5 heteroatoms. The van der Waals surface area contributed by atoms with Crippen molar-refractivity contribution in [2.24, 2.45) is 0 Å². The summed E-state index contributed by atoms with van der Waals surface area (Å²) >= 11 is 0.994. The third kappa shape index (κ3) is 2.79. The summed E-state index contributed by atoms with van der Waals surface area (Å²) in [5.74, 6) is -1.19. The Balaban J connectivity index is 2.37. The van der Waals surface area contributed by atoms with E-state index in [9.17, 15) is 8.78 Å². The summed E-state index contributed by atoms with van der Waals surface area (Å²) < 4.78 is 26.8. The Hall–Kier alpha value is -1.49. The molecular formula is C12H10F2N2S. The van der Waals surface area contributed by atoms with Gasteiger partial charge in [0.2, 0.25) is 11.9 Å². The maximum absolute atomic E-state index is 13.4. The van der Waals surface area contributed by atoms with E-state index in [4.69, 9.17) is 0 Å². The molecule has 0 aromatic carbocycles. The van der Waals surface area contributed by atoms with Gasteiger partial charge in [0, 0.05) is 12.4 Å². The van der Waals surface area contributed by atoms with Crippen LogP contribution < -0.4 is 0 Å². The smallest absolute Gasteiger partial charge is 0.226 e. The molecule has 88 valence electrons. The van der Waals surface area contributed by atoms with Crippen molar-refractivity contribution in [3.63, 3.8) is 0 Å². The third-order valence-corrected chi connectivity index (χ3v) is 3.12. The van der Waals surface area contributed by atoms with Crippen molar-refractivity contribution in [1.82, 2.24) is 9.97 Å². The number of pyridine rings is 2.